The zero-order valence-corrected chi connectivity index (χ0v) is 19.0. The molecule has 2 amide bonds. The third-order valence-electron chi connectivity index (χ3n) is 6.82. The number of phenols is 1. The fourth-order valence-corrected chi connectivity index (χ4v) is 4.76. The number of aryl methyl sites for hydroxylation is 1. The second-order valence-electron chi connectivity index (χ2n) is 9.22. The topological polar surface area (TPSA) is 91.8 Å². The maximum Gasteiger partial charge on any atom is 0.257 e. The van der Waals surface area contributed by atoms with Gasteiger partial charge in [0.15, 0.2) is 0 Å². The molecule has 1 aromatic heterocycles. The summed E-state index contributed by atoms with van der Waals surface area (Å²) in [6.07, 6.45) is 4.75. The molecule has 2 unspecified atom stereocenters. The molecular weight excluding hydrogens is 430 g/mol. The Labute approximate surface area is 198 Å². The molecule has 0 bridgehead atoms. The van der Waals surface area contributed by atoms with Crippen LogP contribution in [0.3, 0.4) is 0 Å². The Balaban J connectivity index is 1.22. The number of carbonyl (C=O) groups is 2. The standard InChI is InChI=1S/C27H27N3O4/c1-18-11-21(15-28-14-18)29-26(33)27-9-10-30(16-20(27)13-27)25(32)23-12-22(7-8-24(23)31)34-17-19-5-3-2-4-6-19/h2-8,11-12,14-15,20,31H,9-10,13,16-17H2,1H3,(H,29,33). The lowest BCUT2D eigenvalue weighted by Crippen LogP contribution is -2.42. The smallest absolute Gasteiger partial charge is 0.257 e. The van der Waals surface area contributed by atoms with E-state index >= 15 is 0 Å². The Morgan fingerprint density at radius 2 is 2.00 bits per heavy atom. The van der Waals surface area contributed by atoms with Crippen molar-refractivity contribution in [1.29, 1.82) is 0 Å². The molecule has 1 saturated heterocycles. The van der Waals surface area contributed by atoms with Crippen molar-refractivity contribution < 1.29 is 19.4 Å². The molecule has 3 aromatic rings. The number of ether oxygens (including phenoxy) is 1. The van der Waals surface area contributed by atoms with E-state index in [1.807, 2.05) is 43.3 Å². The van der Waals surface area contributed by atoms with Gasteiger partial charge in [-0.3, -0.25) is 14.6 Å². The van der Waals surface area contributed by atoms with Gasteiger partial charge in [0.05, 0.1) is 22.9 Å². The number of benzene rings is 2. The third kappa shape index (κ3) is 4.33. The van der Waals surface area contributed by atoms with Crippen LogP contribution in [-0.4, -0.2) is 39.9 Å². The number of pyridine rings is 1. The Hall–Kier alpha value is -3.87. The summed E-state index contributed by atoms with van der Waals surface area (Å²) in [4.78, 5) is 32.1. The molecule has 2 aliphatic rings. The van der Waals surface area contributed by atoms with Gasteiger partial charge in [-0.25, -0.2) is 0 Å². The number of likely N-dealkylation sites (tertiary alicyclic amines) is 1. The highest BCUT2D eigenvalue weighted by molar-refractivity contribution is 5.99. The molecule has 2 N–H and O–H groups in total. The number of aromatic nitrogens is 1. The Morgan fingerprint density at radius 3 is 2.76 bits per heavy atom. The summed E-state index contributed by atoms with van der Waals surface area (Å²) in [5.41, 5.74) is 2.49. The van der Waals surface area contributed by atoms with E-state index in [1.54, 1.807) is 29.4 Å². The van der Waals surface area contributed by atoms with E-state index in [2.05, 4.69) is 10.3 Å². The minimum atomic E-state index is -0.427. The van der Waals surface area contributed by atoms with E-state index in [-0.39, 0.29) is 29.0 Å². The second-order valence-corrected chi connectivity index (χ2v) is 9.22. The van der Waals surface area contributed by atoms with Gasteiger partial charge in [-0.15, -0.1) is 0 Å². The Morgan fingerprint density at radius 1 is 1.18 bits per heavy atom. The van der Waals surface area contributed by atoms with Gasteiger partial charge in [-0.05, 0) is 61.1 Å². The van der Waals surface area contributed by atoms with Gasteiger partial charge in [-0.1, -0.05) is 30.3 Å². The van der Waals surface area contributed by atoms with Crippen LogP contribution in [0.4, 0.5) is 5.69 Å². The van der Waals surface area contributed by atoms with E-state index in [9.17, 15) is 14.7 Å². The van der Waals surface area contributed by atoms with Crippen LogP contribution >= 0.6 is 0 Å². The number of hydrogen-bond donors (Lipinski definition) is 2. The molecule has 7 heteroatoms. The Bertz CT molecular complexity index is 1230. The molecule has 1 saturated carbocycles. The average molecular weight is 458 g/mol. The number of nitrogens with zero attached hydrogens (tertiary/aromatic N) is 2. The first kappa shape index (κ1) is 21.9. The third-order valence-corrected chi connectivity index (χ3v) is 6.82. The summed E-state index contributed by atoms with van der Waals surface area (Å²) in [6, 6.07) is 16.4. The van der Waals surface area contributed by atoms with Gasteiger partial charge in [-0.2, -0.15) is 0 Å². The molecule has 1 aliphatic carbocycles. The number of phenolic OH excluding ortho intramolecular Hbond substituents is 1. The van der Waals surface area contributed by atoms with Crippen LogP contribution < -0.4 is 10.1 Å². The largest absolute Gasteiger partial charge is 0.507 e. The maximum atomic E-state index is 13.2. The molecule has 2 atom stereocenters. The van der Waals surface area contributed by atoms with Crippen LogP contribution in [0.1, 0.15) is 34.3 Å². The Kier molecular flexibility index (Phi) is 5.69. The van der Waals surface area contributed by atoms with Crippen LogP contribution in [0, 0.1) is 18.3 Å². The summed E-state index contributed by atoms with van der Waals surface area (Å²) in [6.45, 7) is 3.26. The normalized spacial score (nSPS) is 20.9. The number of piperidine rings is 1. The van der Waals surface area contributed by atoms with E-state index in [4.69, 9.17) is 4.74 Å². The second kappa shape index (κ2) is 8.82. The van der Waals surface area contributed by atoms with Crippen molar-refractivity contribution in [2.24, 2.45) is 11.3 Å². The van der Waals surface area contributed by atoms with Crippen LogP contribution in [0.25, 0.3) is 0 Å². The molecule has 7 nitrogen and oxygen atoms in total. The minimum Gasteiger partial charge on any atom is -0.507 e. The fraction of sp³-hybridized carbons (Fsp3) is 0.296. The quantitative estimate of drug-likeness (QED) is 0.580. The highest BCUT2D eigenvalue weighted by Crippen LogP contribution is 2.58. The molecule has 1 aliphatic heterocycles. The summed E-state index contributed by atoms with van der Waals surface area (Å²) < 4.78 is 5.83. The molecule has 0 radical (unpaired) electrons. The summed E-state index contributed by atoms with van der Waals surface area (Å²) >= 11 is 0. The lowest BCUT2D eigenvalue weighted by Gasteiger charge is -2.31. The van der Waals surface area contributed by atoms with Crippen molar-refractivity contribution >= 4 is 17.5 Å². The van der Waals surface area contributed by atoms with E-state index in [0.29, 0.717) is 37.6 Å². The molecule has 34 heavy (non-hydrogen) atoms. The average Bonchev–Trinajstić information content (AvgIpc) is 3.59. The summed E-state index contributed by atoms with van der Waals surface area (Å²) in [5, 5.41) is 13.3. The number of aromatic hydroxyl groups is 1. The van der Waals surface area contributed by atoms with Gasteiger partial charge in [0.2, 0.25) is 5.91 Å². The molecule has 0 spiro atoms. The fourth-order valence-electron chi connectivity index (χ4n) is 4.76. The number of rotatable bonds is 6. The summed E-state index contributed by atoms with van der Waals surface area (Å²) in [5.74, 6) is 0.313. The molecule has 2 aromatic carbocycles. The first-order valence-electron chi connectivity index (χ1n) is 11.5. The zero-order valence-electron chi connectivity index (χ0n) is 19.0. The number of fused-ring (bicyclic) bond motifs is 1. The highest BCUT2D eigenvalue weighted by atomic mass is 16.5. The lowest BCUT2D eigenvalue weighted by atomic mass is 9.93. The number of carbonyl (C=O) groups excluding carboxylic acids is 2. The van der Waals surface area contributed by atoms with Crippen molar-refractivity contribution in [3.63, 3.8) is 0 Å². The van der Waals surface area contributed by atoms with E-state index in [0.717, 1.165) is 17.5 Å². The monoisotopic (exact) mass is 457 g/mol. The number of nitrogens with one attached hydrogen (secondary N) is 1. The predicted molar refractivity (Wildman–Crippen MR) is 128 cm³/mol. The maximum absolute atomic E-state index is 13.2. The van der Waals surface area contributed by atoms with Crippen LogP contribution in [0.2, 0.25) is 0 Å². The van der Waals surface area contributed by atoms with Crippen molar-refractivity contribution in [2.75, 3.05) is 18.4 Å². The minimum absolute atomic E-state index is 0.00356. The molecule has 2 heterocycles. The van der Waals surface area contributed by atoms with Gasteiger partial charge < -0.3 is 20.1 Å². The van der Waals surface area contributed by atoms with Crippen molar-refractivity contribution in [3.8, 4) is 11.5 Å². The lowest BCUT2D eigenvalue weighted by molar-refractivity contribution is -0.122. The predicted octanol–water partition coefficient (Wildman–Crippen LogP) is 4.17. The van der Waals surface area contributed by atoms with Crippen molar-refractivity contribution in [3.05, 3.63) is 83.7 Å². The molecule has 174 valence electrons. The highest BCUT2D eigenvalue weighted by Gasteiger charge is 2.62. The number of anilines is 1. The first-order valence-corrected chi connectivity index (χ1v) is 11.5. The van der Waals surface area contributed by atoms with Crippen LogP contribution in [0.5, 0.6) is 11.5 Å². The van der Waals surface area contributed by atoms with Gasteiger partial charge >= 0.3 is 0 Å². The van der Waals surface area contributed by atoms with E-state index in [1.165, 1.54) is 6.07 Å². The van der Waals surface area contributed by atoms with Crippen LogP contribution in [0.15, 0.2) is 67.0 Å². The molecular formula is C27H27N3O4. The van der Waals surface area contributed by atoms with Gasteiger partial charge in [0.1, 0.15) is 18.1 Å². The zero-order chi connectivity index (χ0) is 23.7. The summed E-state index contributed by atoms with van der Waals surface area (Å²) in [7, 11) is 0. The van der Waals surface area contributed by atoms with Crippen molar-refractivity contribution in [2.45, 2.75) is 26.4 Å². The van der Waals surface area contributed by atoms with E-state index < -0.39 is 5.41 Å². The van der Waals surface area contributed by atoms with Crippen LogP contribution in [-0.2, 0) is 11.4 Å². The van der Waals surface area contributed by atoms with Crippen molar-refractivity contribution in [1.82, 2.24) is 9.88 Å². The van der Waals surface area contributed by atoms with Gasteiger partial charge in [0, 0.05) is 19.3 Å². The van der Waals surface area contributed by atoms with Gasteiger partial charge in [0.25, 0.3) is 5.91 Å². The SMILES string of the molecule is Cc1cncc(NC(=O)C23CCN(C(=O)c4cc(OCc5ccccc5)ccc4O)CC2C3)c1. The number of amides is 2. The molecule has 2 fully saturated rings. The first-order chi connectivity index (χ1) is 16.4. The number of hydrogen-bond acceptors (Lipinski definition) is 5. The molecule has 5 rings (SSSR count).